The Morgan fingerprint density at radius 2 is 1.38 bits per heavy atom. The van der Waals surface area contributed by atoms with E-state index in [1.165, 1.54) is 11.1 Å². The lowest BCUT2D eigenvalue weighted by atomic mass is 9.93. The molecule has 2 aromatic carbocycles. The highest BCUT2D eigenvalue weighted by molar-refractivity contribution is 5.74. The summed E-state index contributed by atoms with van der Waals surface area (Å²) in [6.07, 6.45) is 0. The van der Waals surface area contributed by atoms with Gasteiger partial charge in [0.2, 0.25) is 0 Å². The zero-order valence-corrected chi connectivity index (χ0v) is 20.0. The van der Waals surface area contributed by atoms with Crippen molar-refractivity contribution in [3.63, 3.8) is 0 Å². The quantitative estimate of drug-likeness (QED) is 0.670. The van der Waals surface area contributed by atoms with E-state index < -0.39 is 0 Å². The standard InChI is InChI=1S/C26H33N3O5/c1-3-27(4-2)26(30)29-11-9-28(10-12-29)25(19-5-7-23-21(13-19)15-31-17-33-23)20-6-8-24-22(14-20)16-32-18-34-24/h5-8,13-14,25H,3-4,9-12,15-18H2,1-2H3. The number of piperazine rings is 1. The fourth-order valence-corrected chi connectivity index (χ4v) is 5.04. The van der Waals surface area contributed by atoms with E-state index in [0.29, 0.717) is 39.9 Å². The Labute approximate surface area is 200 Å². The van der Waals surface area contributed by atoms with Crippen LogP contribution in [0.5, 0.6) is 11.5 Å². The molecular weight excluding hydrogens is 434 g/mol. The van der Waals surface area contributed by atoms with E-state index in [4.69, 9.17) is 18.9 Å². The molecule has 0 aromatic heterocycles. The Balaban J connectivity index is 1.43. The minimum absolute atomic E-state index is 0.0464. The summed E-state index contributed by atoms with van der Waals surface area (Å²) in [6, 6.07) is 13.0. The first-order chi connectivity index (χ1) is 16.7. The second-order valence-electron chi connectivity index (χ2n) is 8.84. The SMILES string of the molecule is CCN(CC)C(=O)N1CCN(C(c2ccc3c(c2)COCO3)c2ccc3c(c2)COCO3)CC1. The van der Waals surface area contributed by atoms with Crippen molar-refractivity contribution in [1.82, 2.24) is 14.7 Å². The van der Waals surface area contributed by atoms with Crippen LogP contribution in [0.2, 0.25) is 0 Å². The molecule has 0 spiro atoms. The highest BCUT2D eigenvalue weighted by Crippen LogP contribution is 2.36. The molecule has 1 saturated heterocycles. The summed E-state index contributed by atoms with van der Waals surface area (Å²) in [5.74, 6) is 1.77. The Bertz CT molecular complexity index is 958. The Morgan fingerprint density at radius 3 is 1.88 bits per heavy atom. The second kappa shape index (κ2) is 10.2. The van der Waals surface area contributed by atoms with Gasteiger partial charge in [0.25, 0.3) is 0 Å². The summed E-state index contributed by atoms with van der Waals surface area (Å²) in [6.45, 7) is 10.2. The average molecular weight is 468 g/mol. The van der Waals surface area contributed by atoms with Gasteiger partial charge in [-0.05, 0) is 49.2 Å². The van der Waals surface area contributed by atoms with Gasteiger partial charge in [-0.2, -0.15) is 0 Å². The van der Waals surface area contributed by atoms with Crippen molar-refractivity contribution >= 4 is 6.03 Å². The number of hydrogen-bond acceptors (Lipinski definition) is 6. The molecule has 2 aromatic rings. The van der Waals surface area contributed by atoms with E-state index in [1.54, 1.807) is 0 Å². The van der Waals surface area contributed by atoms with Crippen LogP contribution in [0.3, 0.4) is 0 Å². The van der Waals surface area contributed by atoms with E-state index in [9.17, 15) is 4.79 Å². The third kappa shape index (κ3) is 4.58. The number of ether oxygens (including phenoxy) is 4. The summed E-state index contributed by atoms with van der Waals surface area (Å²) < 4.78 is 22.3. The number of fused-ring (bicyclic) bond motifs is 2. The highest BCUT2D eigenvalue weighted by atomic mass is 16.7. The summed E-state index contributed by atoms with van der Waals surface area (Å²) in [7, 11) is 0. The maximum absolute atomic E-state index is 12.9. The molecule has 0 N–H and O–H groups in total. The molecule has 2 amide bonds. The van der Waals surface area contributed by atoms with Crippen LogP contribution in [0.1, 0.15) is 42.1 Å². The molecule has 0 radical (unpaired) electrons. The van der Waals surface area contributed by atoms with Crippen molar-refractivity contribution in [3.05, 3.63) is 58.7 Å². The van der Waals surface area contributed by atoms with Crippen molar-refractivity contribution in [2.75, 3.05) is 52.9 Å². The second-order valence-corrected chi connectivity index (χ2v) is 8.84. The van der Waals surface area contributed by atoms with Crippen molar-refractivity contribution in [1.29, 1.82) is 0 Å². The Kier molecular flexibility index (Phi) is 6.89. The van der Waals surface area contributed by atoms with Gasteiger partial charge in [0.1, 0.15) is 11.5 Å². The third-order valence-corrected chi connectivity index (χ3v) is 6.90. The molecule has 5 rings (SSSR count). The van der Waals surface area contributed by atoms with Gasteiger partial charge in [-0.1, -0.05) is 12.1 Å². The lowest BCUT2D eigenvalue weighted by Crippen LogP contribution is -2.53. The zero-order chi connectivity index (χ0) is 23.5. The predicted molar refractivity (Wildman–Crippen MR) is 127 cm³/mol. The van der Waals surface area contributed by atoms with Crippen LogP contribution in [0, 0.1) is 0 Å². The van der Waals surface area contributed by atoms with E-state index >= 15 is 0 Å². The van der Waals surface area contributed by atoms with Gasteiger partial charge in [0.05, 0.1) is 19.3 Å². The van der Waals surface area contributed by atoms with Crippen LogP contribution < -0.4 is 9.47 Å². The summed E-state index contributed by atoms with van der Waals surface area (Å²) in [5, 5.41) is 0. The van der Waals surface area contributed by atoms with Crippen LogP contribution in [-0.2, 0) is 22.7 Å². The lowest BCUT2D eigenvalue weighted by Gasteiger charge is -2.41. The number of hydrogen-bond donors (Lipinski definition) is 0. The maximum atomic E-state index is 12.9. The number of carbonyl (C=O) groups is 1. The number of rotatable bonds is 5. The summed E-state index contributed by atoms with van der Waals surface area (Å²) >= 11 is 0. The number of nitrogens with zero attached hydrogens (tertiary/aromatic N) is 3. The lowest BCUT2D eigenvalue weighted by molar-refractivity contribution is -0.0165. The molecule has 3 aliphatic heterocycles. The van der Waals surface area contributed by atoms with Gasteiger partial charge in [0.15, 0.2) is 13.6 Å². The maximum Gasteiger partial charge on any atom is 0.320 e. The first-order valence-electron chi connectivity index (χ1n) is 12.1. The van der Waals surface area contributed by atoms with Crippen molar-refractivity contribution < 1.29 is 23.7 Å². The molecule has 8 heteroatoms. The van der Waals surface area contributed by atoms with Crippen molar-refractivity contribution in [2.45, 2.75) is 33.1 Å². The van der Waals surface area contributed by atoms with Gasteiger partial charge in [-0.3, -0.25) is 4.90 Å². The number of benzene rings is 2. The van der Waals surface area contributed by atoms with Crippen molar-refractivity contribution in [2.24, 2.45) is 0 Å². The monoisotopic (exact) mass is 467 g/mol. The average Bonchev–Trinajstić information content (AvgIpc) is 2.90. The van der Waals surface area contributed by atoms with Crippen LogP contribution in [-0.4, -0.2) is 73.6 Å². The first kappa shape index (κ1) is 23.0. The van der Waals surface area contributed by atoms with Crippen molar-refractivity contribution in [3.8, 4) is 11.5 Å². The van der Waals surface area contributed by atoms with Gasteiger partial charge in [-0.25, -0.2) is 4.79 Å². The first-order valence-corrected chi connectivity index (χ1v) is 12.1. The predicted octanol–water partition coefficient (Wildman–Crippen LogP) is 3.59. The molecule has 1 fully saturated rings. The smallest absolute Gasteiger partial charge is 0.320 e. The van der Waals surface area contributed by atoms with Crippen LogP contribution in [0.15, 0.2) is 36.4 Å². The largest absolute Gasteiger partial charge is 0.467 e. The zero-order valence-electron chi connectivity index (χ0n) is 20.0. The fraction of sp³-hybridized carbons (Fsp3) is 0.500. The molecule has 3 aliphatic rings. The molecule has 182 valence electrons. The Morgan fingerprint density at radius 1 is 0.853 bits per heavy atom. The van der Waals surface area contributed by atoms with Gasteiger partial charge >= 0.3 is 6.03 Å². The van der Waals surface area contributed by atoms with E-state index in [1.807, 2.05) is 35.8 Å². The summed E-state index contributed by atoms with van der Waals surface area (Å²) in [4.78, 5) is 19.2. The molecule has 0 unspecified atom stereocenters. The van der Waals surface area contributed by atoms with Gasteiger partial charge < -0.3 is 28.7 Å². The molecule has 8 nitrogen and oxygen atoms in total. The molecule has 0 aliphatic carbocycles. The number of amides is 2. The number of carbonyl (C=O) groups excluding carboxylic acids is 1. The van der Waals surface area contributed by atoms with E-state index in [0.717, 1.165) is 48.8 Å². The van der Waals surface area contributed by atoms with Crippen LogP contribution in [0.4, 0.5) is 4.79 Å². The summed E-state index contributed by atoms with van der Waals surface area (Å²) in [5.41, 5.74) is 4.50. The molecule has 0 saturated carbocycles. The fourth-order valence-electron chi connectivity index (χ4n) is 5.04. The van der Waals surface area contributed by atoms with E-state index in [2.05, 4.69) is 29.2 Å². The molecule has 0 bridgehead atoms. The van der Waals surface area contributed by atoms with Crippen LogP contribution in [0.25, 0.3) is 0 Å². The molecule has 3 heterocycles. The minimum Gasteiger partial charge on any atom is -0.467 e. The molecule has 34 heavy (non-hydrogen) atoms. The number of urea groups is 1. The van der Waals surface area contributed by atoms with Crippen LogP contribution >= 0.6 is 0 Å². The minimum atomic E-state index is 0.0464. The third-order valence-electron chi connectivity index (χ3n) is 6.90. The van der Waals surface area contributed by atoms with Gasteiger partial charge in [-0.15, -0.1) is 0 Å². The molecule has 0 atom stereocenters. The van der Waals surface area contributed by atoms with E-state index in [-0.39, 0.29) is 12.1 Å². The highest BCUT2D eigenvalue weighted by Gasteiger charge is 2.31. The topological polar surface area (TPSA) is 63.7 Å². The molecular formula is C26H33N3O5. The van der Waals surface area contributed by atoms with Gasteiger partial charge in [0, 0.05) is 50.4 Å². The Hall–Kier alpha value is -2.81. The normalized spacial score (nSPS) is 18.0.